The summed E-state index contributed by atoms with van der Waals surface area (Å²) in [6.07, 6.45) is 0.519. The van der Waals surface area contributed by atoms with Crippen molar-refractivity contribution >= 4 is 35.4 Å². The van der Waals surface area contributed by atoms with Gasteiger partial charge in [-0.2, -0.15) is 0 Å². The van der Waals surface area contributed by atoms with Gasteiger partial charge in [-0.25, -0.2) is 24.5 Å². The van der Waals surface area contributed by atoms with Gasteiger partial charge in [0.25, 0.3) is 11.6 Å². The van der Waals surface area contributed by atoms with Crippen molar-refractivity contribution in [3.63, 3.8) is 0 Å². The molecule has 0 spiro atoms. The summed E-state index contributed by atoms with van der Waals surface area (Å²) in [6, 6.07) is 14.5. The molecule has 1 aliphatic heterocycles. The largest absolute Gasteiger partial charge is 0.443 e. The lowest BCUT2D eigenvalue weighted by atomic mass is 10.1. The van der Waals surface area contributed by atoms with Gasteiger partial charge in [0, 0.05) is 65.4 Å². The summed E-state index contributed by atoms with van der Waals surface area (Å²) < 4.78 is 12.5. The maximum atomic E-state index is 13.3. The molecule has 0 radical (unpaired) electrons. The molecule has 0 saturated heterocycles. The minimum atomic E-state index is -0.741. The van der Waals surface area contributed by atoms with Gasteiger partial charge in [-0.3, -0.25) is 10.1 Å². The summed E-state index contributed by atoms with van der Waals surface area (Å²) in [4.78, 5) is 58.7. The van der Waals surface area contributed by atoms with Crippen LogP contribution in [0.1, 0.15) is 48.0 Å². The Morgan fingerprint density at radius 2 is 1.84 bits per heavy atom. The van der Waals surface area contributed by atoms with Gasteiger partial charge < -0.3 is 19.8 Å². The van der Waals surface area contributed by atoms with Gasteiger partial charge in [0.1, 0.15) is 17.0 Å². The maximum absolute atomic E-state index is 13.3. The van der Waals surface area contributed by atoms with Gasteiger partial charge >= 0.3 is 12.2 Å². The summed E-state index contributed by atoms with van der Waals surface area (Å²) >= 11 is 0. The predicted molar refractivity (Wildman–Crippen MR) is 164 cm³/mol. The zero-order valence-electron chi connectivity index (χ0n) is 25.0. The number of nitrogen functional groups attached to an aromatic ring is 1. The van der Waals surface area contributed by atoms with Crippen molar-refractivity contribution < 1.29 is 29.0 Å². The number of nitrogens with one attached hydrogen (secondary N) is 2. The first-order valence-corrected chi connectivity index (χ1v) is 13.9. The number of hydrogen-bond acceptors (Lipinski definition) is 9. The first-order chi connectivity index (χ1) is 21.4. The third kappa shape index (κ3) is 6.97. The number of benzene rings is 2. The molecular formula is C32H30N7O6+. The molecule has 3 amide bonds. The van der Waals surface area contributed by atoms with E-state index < -0.39 is 23.7 Å². The standard InChI is InChI=1S/C32H29N7O6/c1-32(2,3)45-31(42)39-15-14-25-24(28(39)40)17-26(38(25)4)27-20(18-34-29(33)36-27)9-8-19-6-5-7-22(16-19)35-30(41)44-23-12-10-21(37-43)11-13-23/h5-7,10-13,16-18H,14-15H2,1-4H3,(H,35,41)(H2,33,34,36)/p+1. The quantitative estimate of drug-likeness (QED) is 0.293. The second-order valence-electron chi connectivity index (χ2n) is 11.1. The molecule has 2 aromatic carbocycles. The molecule has 0 unspecified atom stereocenters. The van der Waals surface area contributed by atoms with Gasteiger partial charge in [-0.05, 0) is 57.2 Å². The topological polar surface area (TPSA) is 173 Å². The molecule has 13 heteroatoms. The predicted octanol–water partition coefficient (Wildman–Crippen LogP) is 3.49. The van der Waals surface area contributed by atoms with E-state index in [1.165, 1.54) is 30.5 Å². The van der Waals surface area contributed by atoms with Gasteiger partial charge in [-0.1, -0.05) is 17.9 Å². The number of carbonyl (C=O) groups is 3. The molecule has 0 atom stereocenters. The van der Waals surface area contributed by atoms with Crippen LogP contribution >= 0.6 is 0 Å². The summed E-state index contributed by atoms with van der Waals surface area (Å²) in [7, 11) is 1.81. The lowest BCUT2D eigenvalue weighted by Gasteiger charge is -2.28. The number of amides is 3. The molecule has 1 aliphatic rings. The number of nitrogens with zero attached hydrogens (tertiary/aromatic N) is 4. The molecule has 228 valence electrons. The average Bonchev–Trinajstić information content (AvgIpc) is 3.33. The molecular weight excluding hydrogens is 578 g/mol. The van der Waals surface area contributed by atoms with E-state index in [0.717, 1.165) is 10.6 Å². The monoisotopic (exact) mass is 608 g/mol. The molecule has 2 aromatic heterocycles. The minimum Gasteiger partial charge on any atom is -0.443 e. The molecule has 4 aromatic rings. The molecule has 3 heterocycles. The van der Waals surface area contributed by atoms with Crippen LogP contribution in [0.3, 0.4) is 0 Å². The Morgan fingerprint density at radius 3 is 2.56 bits per heavy atom. The van der Waals surface area contributed by atoms with E-state index in [2.05, 4.69) is 27.1 Å². The number of aromatic nitrogens is 3. The van der Waals surface area contributed by atoms with Crippen molar-refractivity contribution in [2.24, 2.45) is 7.05 Å². The van der Waals surface area contributed by atoms with Crippen LogP contribution in [0.4, 0.5) is 26.9 Å². The summed E-state index contributed by atoms with van der Waals surface area (Å²) in [5.74, 6) is 5.96. The number of ether oxygens (including phenoxy) is 2. The van der Waals surface area contributed by atoms with E-state index in [-0.39, 0.29) is 18.2 Å². The third-order valence-corrected chi connectivity index (χ3v) is 6.70. The lowest BCUT2D eigenvalue weighted by Crippen LogP contribution is -2.55. The highest BCUT2D eigenvalue weighted by molar-refractivity contribution is 6.05. The van der Waals surface area contributed by atoms with Crippen LogP contribution in [-0.2, 0) is 18.2 Å². The fourth-order valence-corrected chi connectivity index (χ4v) is 4.65. The first-order valence-electron chi connectivity index (χ1n) is 13.9. The van der Waals surface area contributed by atoms with Gasteiger partial charge in [0.15, 0.2) is 0 Å². The smallest absolute Gasteiger partial charge is 0.417 e. The van der Waals surface area contributed by atoms with Crippen LogP contribution in [0.15, 0.2) is 60.8 Å². The Bertz CT molecular complexity index is 1880. The highest BCUT2D eigenvalue weighted by atomic mass is 16.6. The summed E-state index contributed by atoms with van der Waals surface area (Å²) in [5.41, 5.74) is 9.13. The Labute approximate surface area is 258 Å². The van der Waals surface area contributed by atoms with E-state index in [0.29, 0.717) is 45.9 Å². The molecule has 45 heavy (non-hydrogen) atoms. The van der Waals surface area contributed by atoms with E-state index in [9.17, 15) is 19.3 Å². The number of anilines is 2. The van der Waals surface area contributed by atoms with E-state index >= 15 is 0 Å². The molecule has 0 bridgehead atoms. The Morgan fingerprint density at radius 1 is 1.09 bits per heavy atom. The van der Waals surface area contributed by atoms with Crippen molar-refractivity contribution in [3.05, 3.63) is 88.1 Å². The zero-order chi connectivity index (χ0) is 32.3. The summed E-state index contributed by atoms with van der Waals surface area (Å²) in [6.45, 7) is 5.41. The number of hydrogen-bond donors (Lipinski definition) is 3. The van der Waals surface area contributed by atoms with Gasteiger partial charge in [-0.15, -0.1) is 0 Å². The number of nitroso groups, excluding NO2 is 1. The minimum absolute atomic E-state index is 0.0278. The molecule has 13 nitrogen and oxygen atoms in total. The average molecular weight is 609 g/mol. The van der Waals surface area contributed by atoms with Crippen molar-refractivity contribution in [2.45, 2.75) is 32.8 Å². The van der Waals surface area contributed by atoms with Crippen molar-refractivity contribution in [2.75, 3.05) is 17.6 Å². The molecule has 5 rings (SSSR count). The number of carbonyl (C=O) groups excluding carboxylic acids is 3. The van der Waals surface area contributed by atoms with Crippen LogP contribution < -0.4 is 21.0 Å². The van der Waals surface area contributed by atoms with Gasteiger partial charge in [0.2, 0.25) is 5.95 Å². The van der Waals surface area contributed by atoms with Crippen LogP contribution in [-0.4, -0.2) is 49.7 Å². The van der Waals surface area contributed by atoms with Crippen LogP contribution in [0.25, 0.3) is 11.4 Å². The maximum Gasteiger partial charge on any atom is 0.417 e. The zero-order valence-corrected chi connectivity index (χ0v) is 25.0. The highest BCUT2D eigenvalue weighted by Crippen LogP contribution is 2.30. The third-order valence-electron chi connectivity index (χ3n) is 6.70. The van der Waals surface area contributed by atoms with E-state index in [1.807, 2.05) is 11.6 Å². The number of rotatable bonds is 4. The Balaban J connectivity index is 1.38. The molecule has 0 fully saturated rings. The molecule has 0 aliphatic carbocycles. The Kier molecular flexibility index (Phi) is 8.31. The number of imide groups is 1. The molecule has 4 N–H and O–H groups in total. The molecule has 0 saturated carbocycles. The van der Waals surface area contributed by atoms with Crippen LogP contribution in [0, 0.1) is 16.7 Å². The number of fused-ring (bicyclic) bond motifs is 1. The lowest BCUT2D eigenvalue weighted by molar-refractivity contribution is -0.379. The second-order valence-corrected chi connectivity index (χ2v) is 11.1. The van der Waals surface area contributed by atoms with Crippen LogP contribution in [0.2, 0.25) is 0 Å². The second kappa shape index (κ2) is 12.3. The fourth-order valence-electron chi connectivity index (χ4n) is 4.65. The van der Waals surface area contributed by atoms with E-state index in [1.54, 1.807) is 56.3 Å². The summed E-state index contributed by atoms with van der Waals surface area (Å²) in [5, 5.41) is 4.40. The van der Waals surface area contributed by atoms with Crippen molar-refractivity contribution in [3.8, 4) is 29.0 Å². The fraction of sp³-hybridized carbons (Fsp3) is 0.219. The normalized spacial score (nSPS) is 12.4. The van der Waals surface area contributed by atoms with Crippen molar-refractivity contribution in [1.82, 2.24) is 19.4 Å². The van der Waals surface area contributed by atoms with Gasteiger partial charge in [0.05, 0.1) is 16.8 Å². The van der Waals surface area contributed by atoms with Crippen LogP contribution in [0.5, 0.6) is 5.75 Å². The first kappa shape index (κ1) is 30.4. The van der Waals surface area contributed by atoms with Crippen molar-refractivity contribution in [1.29, 1.82) is 0 Å². The highest BCUT2D eigenvalue weighted by Gasteiger charge is 2.35. The SMILES string of the molecule is Cn1c(-c2nc(N)ncc2C#Cc2cccc(NC(=O)Oc3ccc([NH+]=O)cc3)c2)cc2c1CCN(C(=O)OC(C)(C)C)C2=O. The number of nitrogens with two attached hydrogens (primary N) is 1. The van der Waals surface area contributed by atoms with E-state index in [4.69, 9.17) is 15.2 Å². The Hall–Kier alpha value is -6.03.